The van der Waals surface area contributed by atoms with E-state index in [0.717, 1.165) is 38.3 Å². The van der Waals surface area contributed by atoms with Gasteiger partial charge in [-0.25, -0.2) is 0 Å². The minimum Gasteiger partial charge on any atom is -0.365 e. The fraction of sp³-hybridized carbons (Fsp3) is 0.227. The van der Waals surface area contributed by atoms with Gasteiger partial charge in [0.15, 0.2) is 0 Å². The summed E-state index contributed by atoms with van der Waals surface area (Å²) in [5.41, 5.74) is 2.72. The molecule has 0 N–H and O–H groups in total. The lowest BCUT2D eigenvalue weighted by Crippen LogP contribution is -2.51. The van der Waals surface area contributed by atoms with Gasteiger partial charge in [-0.15, -0.1) is 0 Å². The molecule has 0 bridgehead atoms. The van der Waals surface area contributed by atoms with Gasteiger partial charge in [0.25, 0.3) is 0 Å². The molecule has 0 unspecified atom stereocenters. The standard InChI is InChI=1S/C22H19N3O2S/c23-13-18-4-2-1-3-17(18)5-6-19-20(22(27)21(19)26)25-10-8-24(9-11-25)14-16-7-12-28-15-16/h1-7,12,15H,8-11,14H2/b6-5+. The molecular weight excluding hydrogens is 370 g/mol. The van der Waals surface area contributed by atoms with Crippen molar-refractivity contribution in [3.63, 3.8) is 0 Å². The van der Waals surface area contributed by atoms with Crippen LogP contribution in [0.15, 0.2) is 50.7 Å². The Hall–Kier alpha value is -3.01. The first-order valence-electron chi connectivity index (χ1n) is 9.16. The van der Waals surface area contributed by atoms with Crippen molar-refractivity contribution in [1.29, 1.82) is 5.26 Å². The number of benzene rings is 1. The van der Waals surface area contributed by atoms with Crippen LogP contribution in [0, 0.1) is 11.3 Å². The molecule has 0 amide bonds. The lowest BCUT2D eigenvalue weighted by atomic mass is 10.0. The summed E-state index contributed by atoms with van der Waals surface area (Å²) in [5, 5.41) is 13.4. The Bertz CT molecular complexity index is 1110. The van der Waals surface area contributed by atoms with E-state index in [4.69, 9.17) is 0 Å². The summed E-state index contributed by atoms with van der Waals surface area (Å²) >= 11 is 1.70. The van der Waals surface area contributed by atoms with Gasteiger partial charge in [-0.1, -0.05) is 24.3 Å². The lowest BCUT2D eigenvalue weighted by Gasteiger charge is -2.36. The van der Waals surface area contributed by atoms with E-state index in [1.807, 2.05) is 17.0 Å². The predicted octanol–water partition coefficient (Wildman–Crippen LogP) is 2.71. The van der Waals surface area contributed by atoms with Gasteiger partial charge in [-0.3, -0.25) is 14.5 Å². The molecule has 1 fully saturated rings. The van der Waals surface area contributed by atoms with E-state index < -0.39 is 10.9 Å². The molecule has 0 radical (unpaired) electrons. The van der Waals surface area contributed by atoms with Crippen molar-refractivity contribution in [3.05, 3.63) is 83.8 Å². The van der Waals surface area contributed by atoms with Crippen LogP contribution in [0.3, 0.4) is 0 Å². The van der Waals surface area contributed by atoms with Gasteiger partial charge >= 0.3 is 0 Å². The van der Waals surface area contributed by atoms with E-state index in [9.17, 15) is 14.9 Å². The van der Waals surface area contributed by atoms with Gasteiger partial charge in [-0.05, 0) is 40.1 Å². The van der Waals surface area contributed by atoms with Crippen molar-refractivity contribution in [2.75, 3.05) is 31.1 Å². The second kappa shape index (κ2) is 7.93. The Kier molecular flexibility index (Phi) is 5.20. The molecule has 5 nitrogen and oxygen atoms in total. The molecule has 4 rings (SSSR count). The van der Waals surface area contributed by atoms with Gasteiger partial charge in [0.2, 0.25) is 10.9 Å². The van der Waals surface area contributed by atoms with Crippen LogP contribution in [0.4, 0.5) is 5.69 Å². The number of rotatable bonds is 5. The molecule has 140 valence electrons. The highest BCUT2D eigenvalue weighted by Crippen LogP contribution is 2.21. The average Bonchev–Trinajstić information content (AvgIpc) is 3.24. The normalized spacial score (nSPS) is 15.3. The monoisotopic (exact) mass is 389 g/mol. The number of nitriles is 1. The van der Waals surface area contributed by atoms with Crippen LogP contribution < -0.4 is 15.8 Å². The average molecular weight is 389 g/mol. The smallest absolute Gasteiger partial charge is 0.250 e. The number of nitrogens with zero attached hydrogens (tertiary/aromatic N) is 3. The van der Waals surface area contributed by atoms with Gasteiger partial charge in [0.05, 0.1) is 17.2 Å². The summed E-state index contributed by atoms with van der Waals surface area (Å²) in [7, 11) is 0. The topological polar surface area (TPSA) is 64.4 Å². The third-order valence-corrected chi connectivity index (χ3v) is 5.84. The number of thiophene rings is 1. The van der Waals surface area contributed by atoms with Crippen LogP contribution in [0.25, 0.3) is 12.2 Å². The molecule has 0 atom stereocenters. The van der Waals surface area contributed by atoms with Crippen LogP contribution >= 0.6 is 11.3 Å². The van der Waals surface area contributed by atoms with E-state index in [1.165, 1.54) is 5.56 Å². The maximum absolute atomic E-state index is 12.2. The van der Waals surface area contributed by atoms with Crippen molar-refractivity contribution in [2.45, 2.75) is 6.54 Å². The van der Waals surface area contributed by atoms with Gasteiger partial charge < -0.3 is 4.90 Å². The predicted molar refractivity (Wildman–Crippen MR) is 113 cm³/mol. The molecule has 2 aromatic carbocycles. The molecule has 28 heavy (non-hydrogen) atoms. The molecule has 1 aliphatic rings. The quantitative estimate of drug-likeness (QED) is 0.628. The first-order chi connectivity index (χ1) is 13.7. The Morgan fingerprint density at radius 1 is 1.04 bits per heavy atom. The molecule has 6 heteroatoms. The van der Waals surface area contributed by atoms with E-state index in [-0.39, 0.29) is 0 Å². The largest absolute Gasteiger partial charge is 0.365 e. The number of anilines is 1. The second-order valence-electron chi connectivity index (χ2n) is 6.85. The zero-order valence-corrected chi connectivity index (χ0v) is 16.1. The van der Waals surface area contributed by atoms with E-state index in [0.29, 0.717) is 16.8 Å². The Balaban J connectivity index is 1.48. The van der Waals surface area contributed by atoms with Crippen molar-refractivity contribution < 1.29 is 0 Å². The molecule has 0 saturated carbocycles. The first kappa shape index (κ1) is 18.4. The van der Waals surface area contributed by atoms with Crippen molar-refractivity contribution in [1.82, 2.24) is 4.90 Å². The molecule has 2 heterocycles. The van der Waals surface area contributed by atoms with Gasteiger partial charge in [-0.2, -0.15) is 16.6 Å². The molecule has 1 aromatic heterocycles. The zero-order chi connectivity index (χ0) is 19.5. The van der Waals surface area contributed by atoms with Crippen molar-refractivity contribution in [2.24, 2.45) is 0 Å². The summed E-state index contributed by atoms with van der Waals surface area (Å²) in [6, 6.07) is 11.5. The number of piperazine rings is 1. The van der Waals surface area contributed by atoms with Crippen LogP contribution in [0.1, 0.15) is 22.3 Å². The third-order valence-electron chi connectivity index (χ3n) is 5.11. The van der Waals surface area contributed by atoms with Crippen LogP contribution in [0.5, 0.6) is 0 Å². The summed E-state index contributed by atoms with van der Waals surface area (Å²) in [5.74, 6) is 0. The molecule has 0 aliphatic carbocycles. The molecular formula is C22H19N3O2S. The Morgan fingerprint density at radius 3 is 2.54 bits per heavy atom. The van der Waals surface area contributed by atoms with Crippen LogP contribution in [-0.2, 0) is 6.54 Å². The maximum Gasteiger partial charge on any atom is 0.250 e. The highest BCUT2D eigenvalue weighted by atomic mass is 32.1. The summed E-state index contributed by atoms with van der Waals surface area (Å²) < 4.78 is 0. The van der Waals surface area contributed by atoms with E-state index in [1.54, 1.807) is 35.6 Å². The minimum absolute atomic E-state index is 0.403. The maximum atomic E-state index is 12.2. The minimum atomic E-state index is -0.443. The number of hydrogen-bond acceptors (Lipinski definition) is 6. The van der Waals surface area contributed by atoms with Gasteiger partial charge in [0.1, 0.15) is 5.69 Å². The fourth-order valence-corrected chi connectivity index (χ4v) is 4.21. The SMILES string of the molecule is N#Cc1ccccc1/C=C/c1c(N2CCN(Cc3ccsc3)CC2)c(=O)c1=O. The third kappa shape index (κ3) is 3.55. The van der Waals surface area contributed by atoms with E-state index in [2.05, 4.69) is 27.8 Å². The highest BCUT2D eigenvalue weighted by molar-refractivity contribution is 7.07. The Morgan fingerprint density at radius 2 is 1.82 bits per heavy atom. The summed E-state index contributed by atoms with van der Waals surface area (Å²) in [4.78, 5) is 28.7. The lowest BCUT2D eigenvalue weighted by molar-refractivity contribution is 0.250. The molecule has 1 aliphatic heterocycles. The van der Waals surface area contributed by atoms with Gasteiger partial charge in [0, 0.05) is 32.7 Å². The van der Waals surface area contributed by atoms with Crippen molar-refractivity contribution >= 4 is 29.2 Å². The zero-order valence-electron chi connectivity index (χ0n) is 15.3. The van der Waals surface area contributed by atoms with Crippen molar-refractivity contribution in [3.8, 4) is 6.07 Å². The first-order valence-corrected chi connectivity index (χ1v) is 10.1. The summed E-state index contributed by atoms with van der Waals surface area (Å²) in [6.07, 6.45) is 3.41. The summed E-state index contributed by atoms with van der Waals surface area (Å²) in [6.45, 7) is 4.08. The fourth-order valence-electron chi connectivity index (χ4n) is 3.55. The van der Waals surface area contributed by atoms with Crippen LogP contribution in [-0.4, -0.2) is 31.1 Å². The number of hydrogen-bond donors (Lipinski definition) is 0. The molecule has 0 spiro atoms. The molecule has 3 aromatic rings. The second-order valence-corrected chi connectivity index (χ2v) is 7.63. The Labute approximate surface area is 167 Å². The highest BCUT2D eigenvalue weighted by Gasteiger charge is 2.27. The van der Waals surface area contributed by atoms with E-state index >= 15 is 0 Å². The van der Waals surface area contributed by atoms with Crippen LogP contribution in [0.2, 0.25) is 0 Å². The molecule has 1 saturated heterocycles.